The van der Waals surface area contributed by atoms with Crippen LogP contribution in [0, 0.1) is 0 Å². The minimum absolute atomic E-state index is 0.432. The molecule has 20 heavy (non-hydrogen) atoms. The van der Waals surface area contributed by atoms with E-state index < -0.39 is 0 Å². The second kappa shape index (κ2) is 8.51. The molecule has 0 aliphatic heterocycles. The molecule has 1 rings (SSSR count). The van der Waals surface area contributed by atoms with Crippen molar-refractivity contribution in [2.75, 3.05) is 11.4 Å². The molecule has 1 aromatic rings. The monoisotopic (exact) mass is 296 g/mol. The zero-order valence-corrected chi connectivity index (χ0v) is 14.4. The van der Waals surface area contributed by atoms with E-state index in [9.17, 15) is 0 Å². The van der Waals surface area contributed by atoms with E-state index in [1.807, 2.05) is 0 Å². The Morgan fingerprint density at radius 3 is 2.35 bits per heavy atom. The van der Waals surface area contributed by atoms with Gasteiger partial charge in [-0.1, -0.05) is 33.6 Å². The van der Waals surface area contributed by atoms with Gasteiger partial charge in [0.25, 0.3) is 0 Å². The summed E-state index contributed by atoms with van der Waals surface area (Å²) in [6.45, 7) is 12.1. The summed E-state index contributed by atoms with van der Waals surface area (Å²) in [6, 6.07) is 4.74. The largest absolute Gasteiger partial charge is 0.354 e. The Kier molecular flexibility index (Phi) is 7.36. The van der Waals surface area contributed by atoms with Gasteiger partial charge in [-0.15, -0.1) is 11.6 Å². The number of hydrogen-bond acceptors (Lipinski definition) is 2. The molecule has 1 heterocycles. The Morgan fingerprint density at radius 2 is 1.85 bits per heavy atom. The highest BCUT2D eigenvalue weighted by Crippen LogP contribution is 2.23. The molecule has 3 heteroatoms. The van der Waals surface area contributed by atoms with Crippen LogP contribution < -0.4 is 4.90 Å². The Balaban J connectivity index is 3.02. The van der Waals surface area contributed by atoms with Gasteiger partial charge in [-0.3, -0.25) is 0 Å². The normalized spacial score (nSPS) is 11.4. The van der Waals surface area contributed by atoms with Crippen LogP contribution in [0.25, 0.3) is 0 Å². The summed E-state index contributed by atoms with van der Waals surface area (Å²) in [7, 11) is 0. The van der Waals surface area contributed by atoms with Crippen molar-refractivity contribution in [3.8, 4) is 0 Å². The SMILES string of the molecule is CCCCCN(c1cc(CCl)cc(C(C)C)n1)C(C)C. The van der Waals surface area contributed by atoms with Crippen molar-refractivity contribution < 1.29 is 0 Å². The summed E-state index contributed by atoms with van der Waals surface area (Å²) in [6.07, 6.45) is 3.74. The van der Waals surface area contributed by atoms with Crippen molar-refractivity contribution in [3.05, 3.63) is 23.4 Å². The topological polar surface area (TPSA) is 16.1 Å². The van der Waals surface area contributed by atoms with Crippen LogP contribution in [-0.2, 0) is 5.88 Å². The summed E-state index contributed by atoms with van der Waals surface area (Å²) in [5.41, 5.74) is 2.31. The Bertz CT molecular complexity index is 402. The third-order valence-corrected chi connectivity index (χ3v) is 3.87. The van der Waals surface area contributed by atoms with Gasteiger partial charge in [-0.25, -0.2) is 4.98 Å². The summed E-state index contributed by atoms with van der Waals surface area (Å²) in [5, 5.41) is 0. The van der Waals surface area contributed by atoms with Crippen LogP contribution in [0.15, 0.2) is 12.1 Å². The number of aromatic nitrogens is 1. The number of unbranched alkanes of at least 4 members (excludes halogenated alkanes) is 2. The van der Waals surface area contributed by atoms with Crippen LogP contribution in [0.5, 0.6) is 0 Å². The number of nitrogens with zero attached hydrogens (tertiary/aromatic N) is 2. The molecule has 0 N–H and O–H groups in total. The first-order valence-electron chi connectivity index (χ1n) is 7.83. The van der Waals surface area contributed by atoms with Crippen molar-refractivity contribution in [1.82, 2.24) is 4.98 Å². The fourth-order valence-corrected chi connectivity index (χ4v) is 2.44. The maximum atomic E-state index is 6.04. The van der Waals surface area contributed by atoms with Gasteiger partial charge >= 0.3 is 0 Å². The minimum Gasteiger partial charge on any atom is -0.354 e. The van der Waals surface area contributed by atoms with E-state index in [1.165, 1.54) is 24.8 Å². The Hall–Kier alpha value is -0.760. The summed E-state index contributed by atoms with van der Waals surface area (Å²) in [5.74, 6) is 2.07. The van der Waals surface area contributed by atoms with Gasteiger partial charge in [0.1, 0.15) is 5.82 Å². The van der Waals surface area contributed by atoms with Gasteiger partial charge in [0.05, 0.1) is 0 Å². The predicted octanol–water partition coefficient (Wildman–Crippen LogP) is 5.35. The maximum Gasteiger partial charge on any atom is 0.129 e. The minimum atomic E-state index is 0.432. The van der Waals surface area contributed by atoms with Crippen molar-refractivity contribution in [3.63, 3.8) is 0 Å². The first-order valence-corrected chi connectivity index (χ1v) is 8.36. The second-order valence-electron chi connectivity index (χ2n) is 6.04. The fourth-order valence-electron chi connectivity index (χ4n) is 2.28. The first kappa shape index (κ1) is 17.3. The number of pyridine rings is 1. The first-order chi connectivity index (χ1) is 9.49. The predicted molar refractivity (Wildman–Crippen MR) is 89.9 cm³/mol. The van der Waals surface area contributed by atoms with Crippen LogP contribution in [0.2, 0.25) is 0 Å². The van der Waals surface area contributed by atoms with Crippen molar-refractivity contribution in [2.45, 2.75) is 71.7 Å². The molecule has 0 bridgehead atoms. The van der Waals surface area contributed by atoms with Crippen LogP contribution in [0.1, 0.15) is 71.1 Å². The maximum absolute atomic E-state index is 6.04. The van der Waals surface area contributed by atoms with E-state index in [1.54, 1.807) is 0 Å². The molecule has 0 spiro atoms. The van der Waals surface area contributed by atoms with Gasteiger partial charge < -0.3 is 4.90 Å². The number of alkyl halides is 1. The van der Waals surface area contributed by atoms with E-state index in [2.05, 4.69) is 51.7 Å². The number of hydrogen-bond donors (Lipinski definition) is 0. The number of rotatable bonds is 8. The molecule has 0 amide bonds. The third-order valence-electron chi connectivity index (χ3n) is 3.56. The lowest BCUT2D eigenvalue weighted by molar-refractivity contribution is 0.617. The Morgan fingerprint density at radius 1 is 1.15 bits per heavy atom. The fraction of sp³-hybridized carbons (Fsp3) is 0.706. The molecule has 0 radical (unpaired) electrons. The van der Waals surface area contributed by atoms with E-state index in [4.69, 9.17) is 16.6 Å². The van der Waals surface area contributed by atoms with Crippen molar-refractivity contribution in [1.29, 1.82) is 0 Å². The van der Waals surface area contributed by atoms with Gasteiger partial charge in [0, 0.05) is 24.2 Å². The lowest BCUT2D eigenvalue weighted by Crippen LogP contribution is -2.32. The molecule has 0 fully saturated rings. The van der Waals surface area contributed by atoms with Crippen molar-refractivity contribution in [2.24, 2.45) is 0 Å². The van der Waals surface area contributed by atoms with E-state index in [0.717, 1.165) is 18.1 Å². The summed E-state index contributed by atoms with van der Waals surface area (Å²) >= 11 is 6.04. The molecule has 0 saturated carbocycles. The average molecular weight is 297 g/mol. The van der Waals surface area contributed by atoms with Crippen LogP contribution >= 0.6 is 11.6 Å². The highest BCUT2D eigenvalue weighted by molar-refractivity contribution is 6.17. The van der Waals surface area contributed by atoms with Crippen LogP contribution in [0.4, 0.5) is 5.82 Å². The Labute approximate surface area is 129 Å². The summed E-state index contributed by atoms with van der Waals surface area (Å²) in [4.78, 5) is 7.25. The highest BCUT2D eigenvalue weighted by Gasteiger charge is 2.14. The molecule has 1 aromatic heterocycles. The van der Waals surface area contributed by atoms with Gasteiger partial charge in [-0.2, -0.15) is 0 Å². The zero-order valence-electron chi connectivity index (χ0n) is 13.6. The van der Waals surface area contributed by atoms with Gasteiger partial charge in [0.15, 0.2) is 0 Å². The van der Waals surface area contributed by atoms with E-state index in [-0.39, 0.29) is 0 Å². The standard InChI is InChI=1S/C17H29ClN2/c1-6-7-8-9-20(14(4)5)17-11-15(12-18)10-16(19-17)13(2)3/h10-11,13-14H,6-9,12H2,1-5H3. The molecule has 0 aromatic carbocycles. The lowest BCUT2D eigenvalue weighted by Gasteiger charge is -2.29. The third kappa shape index (κ3) is 4.97. The molecule has 0 aliphatic carbocycles. The van der Waals surface area contributed by atoms with Crippen LogP contribution in [-0.4, -0.2) is 17.6 Å². The van der Waals surface area contributed by atoms with E-state index >= 15 is 0 Å². The molecular formula is C17H29ClN2. The molecule has 2 nitrogen and oxygen atoms in total. The zero-order chi connectivity index (χ0) is 15.1. The quantitative estimate of drug-likeness (QED) is 0.475. The molecule has 0 saturated heterocycles. The van der Waals surface area contributed by atoms with Crippen molar-refractivity contribution >= 4 is 17.4 Å². The molecule has 0 aliphatic rings. The average Bonchev–Trinajstić information content (AvgIpc) is 2.42. The van der Waals surface area contributed by atoms with Gasteiger partial charge in [-0.05, 0) is 43.9 Å². The number of anilines is 1. The lowest BCUT2D eigenvalue weighted by atomic mass is 10.1. The van der Waals surface area contributed by atoms with Crippen LogP contribution in [0.3, 0.4) is 0 Å². The molecule has 114 valence electrons. The number of halogens is 1. The smallest absolute Gasteiger partial charge is 0.129 e. The summed E-state index contributed by atoms with van der Waals surface area (Å²) < 4.78 is 0. The second-order valence-corrected chi connectivity index (χ2v) is 6.31. The molecule has 0 atom stereocenters. The molecule has 0 unspecified atom stereocenters. The van der Waals surface area contributed by atoms with Gasteiger partial charge in [0.2, 0.25) is 0 Å². The highest BCUT2D eigenvalue weighted by atomic mass is 35.5. The van der Waals surface area contributed by atoms with E-state index in [0.29, 0.717) is 17.8 Å². The molecular weight excluding hydrogens is 268 g/mol.